The molecular formula is C51H102NO11P. The first-order valence-electron chi connectivity index (χ1n) is 27.0. The van der Waals surface area contributed by atoms with Crippen LogP contribution in [0, 0.1) is 0 Å². The molecule has 12 nitrogen and oxygen atoms in total. The van der Waals surface area contributed by atoms with Crippen molar-refractivity contribution in [2.24, 2.45) is 0 Å². The zero-order valence-corrected chi connectivity index (χ0v) is 42.0. The summed E-state index contributed by atoms with van der Waals surface area (Å²) in [6.45, 7) is 3.93. The Bertz CT molecular complexity index is 1090. The van der Waals surface area contributed by atoms with Gasteiger partial charge < -0.3 is 40.8 Å². The summed E-state index contributed by atoms with van der Waals surface area (Å²) in [6, 6.07) is -1.03. The lowest BCUT2D eigenvalue weighted by Gasteiger charge is -2.41. The van der Waals surface area contributed by atoms with Gasteiger partial charge in [0.2, 0.25) is 5.91 Å². The van der Waals surface area contributed by atoms with Gasteiger partial charge in [-0.05, 0) is 12.8 Å². The monoisotopic (exact) mass is 936 g/mol. The lowest BCUT2D eigenvalue weighted by atomic mass is 9.85. The Hall–Kier alpha value is -0.660. The molecule has 1 amide bonds. The molecule has 13 heteroatoms. The minimum Gasteiger partial charge on any atom is -0.391 e. The maximum atomic E-state index is 13.0. The first-order valence-corrected chi connectivity index (χ1v) is 28.5. The Balaban J connectivity index is 2.36. The molecule has 9 atom stereocenters. The normalized spacial score (nSPS) is 22.1. The molecule has 1 aliphatic carbocycles. The van der Waals surface area contributed by atoms with Crippen LogP contribution in [0.3, 0.4) is 0 Å². The molecule has 0 aromatic heterocycles. The summed E-state index contributed by atoms with van der Waals surface area (Å²) in [6.07, 6.45) is 34.2. The van der Waals surface area contributed by atoms with Crippen LogP contribution in [0.25, 0.3) is 0 Å². The number of unbranched alkanes of at least 4 members (excludes halogenated alkanes) is 35. The molecule has 0 aliphatic heterocycles. The van der Waals surface area contributed by atoms with E-state index in [0.29, 0.717) is 19.3 Å². The van der Waals surface area contributed by atoms with E-state index < -0.39 is 63.2 Å². The molecule has 0 aromatic carbocycles. The second kappa shape index (κ2) is 41.3. The lowest BCUT2D eigenvalue weighted by molar-refractivity contribution is -0.220. The molecule has 0 bridgehead atoms. The zero-order valence-electron chi connectivity index (χ0n) is 41.1. The van der Waals surface area contributed by atoms with E-state index in [0.717, 1.165) is 38.5 Å². The topological polar surface area (TPSA) is 206 Å². The van der Waals surface area contributed by atoms with Gasteiger partial charge >= 0.3 is 7.82 Å². The molecule has 0 heterocycles. The quantitative estimate of drug-likeness (QED) is 0.0213. The van der Waals surface area contributed by atoms with E-state index in [1.807, 2.05) is 0 Å². The highest BCUT2D eigenvalue weighted by Gasteiger charge is 2.51. The average molecular weight is 936 g/mol. The molecule has 382 valence electrons. The van der Waals surface area contributed by atoms with Gasteiger partial charge in [-0.1, -0.05) is 245 Å². The number of hydrogen-bond acceptors (Lipinski definition) is 10. The molecule has 1 fully saturated rings. The van der Waals surface area contributed by atoms with Crippen LogP contribution < -0.4 is 5.32 Å². The van der Waals surface area contributed by atoms with Crippen molar-refractivity contribution in [2.75, 3.05) is 6.61 Å². The van der Waals surface area contributed by atoms with Crippen LogP contribution >= 0.6 is 7.82 Å². The zero-order chi connectivity index (χ0) is 47.1. The van der Waals surface area contributed by atoms with E-state index >= 15 is 0 Å². The molecule has 6 unspecified atom stereocenters. The summed E-state index contributed by atoms with van der Waals surface area (Å²) in [7, 11) is -5.06. The van der Waals surface area contributed by atoms with Crippen molar-refractivity contribution in [2.45, 2.75) is 313 Å². The number of carbonyl (C=O) groups excluding carboxylic acids is 1. The molecule has 1 rings (SSSR count). The van der Waals surface area contributed by atoms with Crippen molar-refractivity contribution in [1.82, 2.24) is 5.32 Å². The number of aliphatic hydroxyl groups excluding tert-OH is 6. The third kappa shape index (κ3) is 32.2. The fourth-order valence-corrected chi connectivity index (χ4v) is 10.00. The minimum atomic E-state index is -5.06. The lowest BCUT2D eigenvalue weighted by Crippen LogP contribution is -2.64. The summed E-state index contributed by atoms with van der Waals surface area (Å²) in [5.41, 5.74) is 0. The van der Waals surface area contributed by atoms with Crippen LogP contribution in [0.4, 0.5) is 0 Å². The summed E-state index contributed by atoms with van der Waals surface area (Å²) < 4.78 is 23.1. The highest BCUT2D eigenvalue weighted by atomic mass is 31.2. The number of phosphoric ester groups is 1. The van der Waals surface area contributed by atoms with Gasteiger partial charge in [-0.25, -0.2) is 4.57 Å². The van der Waals surface area contributed by atoms with E-state index in [9.17, 15) is 44.9 Å². The Morgan fingerprint density at radius 2 is 0.750 bits per heavy atom. The Kier molecular flexibility index (Phi) is 39.6. The molecule has 1 saturated carbocycles. The van der Waals surface area contributed by atoms with E-state index in [1.54, 1.807) is 0 Å². The van der Waals surface area contributed by atoms with Crippen LogP contribution in [0.2, 0.25) is 0 Å². The van der Waals surface area contributed by atoms with E-state index in [4.69, 9.17) is 9.05 Å². The fraction of sp³-hybridized carbons (Fsp3) is 0.980. The highest BCUT2D eigenvalue weighted by Crippen LogP contribution is 2.47. The standard InChI is InChI=1S/C51H102NO11P/c1-3-5-7-9-11-13-15-17-19-21-22-23-24-25-27-29-31-33-35-37-39-41-45(54)52-43(42-62-64(60,61)63-51-49(58)47(56)46(55)48(57)50(51)59)44(53)40-38-36-34-32-30-28-26-20-18-16-14-12-10-8-6-4-2/h43-44,46-51,53,55-59H,3-42H2,1-2H3,(H,52,54)(H,60,61)/t43-,44+,46?,47+,48?,49?,50?,51?/m0/s1. The molecular weight excluding hydrogens is 834 g/mol. The fourth-order valence-electron chi connectivity index (χ4n) is 9.03. The number of aliphatic hydroxyl groups is 6. The molecule has 0 aromatic rings. The predicted molar refractivity (Wildman–Crippen MR) is 260 cm³/mol. The van der Waals surface area contributed by atoms with Gasteiger partial charge in [-0.2, -0.15) is 0 Å². The maximum Gasteiger partial charge on any atom is 0.472 e. The van der Waals surface area contributed by atoms with Crippen molar-refractivity contribution < 1.29 is 53.9 Å². The van der Waals surface area contributed by atoms with Crippen molar-refractivity contribution >= 4 is 13.7 Å². The van der Waals surface area contributed by atoms with Crippen LogP contribution in [0.15, 0.2) is 0 Å². The molecule has 64 heavy (non-hydrogen) atoms. The Morgan fingerprint density at radius 3 is 1.08 bits per heavy atom. The highest BCUT2D eigenvalue weighted by molar-refractivity contribution is 7.47. The third-order valence-electron chi connectivity index (χ3n) is 13.4. The SMILES string of the molecule is CCCCCCCCCCCCCCCCCCCCCCCC(=O)N[C@@H](COP(=O)(O)OC1C(O)C(O)C(O)[C@@H](O)C1O)[C@H](O)CCCCCCCCCCCCCCCCCC. The summed E-state index contributed by atoms with van der Waals surface area (Å²) >= 11 is 0. The van der Waals surface area contributed by atoms with Gasteiger partial charge in [-0.15, -0.1) is 0 Å². The second-order valence-electron chi connectivity index (χ2n) is 19.4. The first-order chi connectivity index (χ1) is 30.9. The smallest absolute Gasteiger partial charge is 0.391 e. The molecule has 0 saturated heterocycles. The largest absolute Gasteiger partial charge is 0.472 e. The Labute approximate surface area is 391 Å². The van der Waals surface area contributed by atoms with E-state index in [1.165, 1.54) is 186 Å². The van der Waals surface area contributed by atoms with Gasteiger partial charge in [0.15, 0.2) is 0 Å². The van der Waals surface area contributed by atoms with Crippen molar-refractivity contribution in [3.63, 3.8) is 0 Å². The molecule has 0 radical (unpaired) electrons. The molecule has 1 aliphatic rings. The summed E-state index contributed by atoms with van der Waals surface area (Å²) in [5, 5.41) is 64.4. The van der Waals surface area contributed by atoms with Gasteiger partial charge in [0.25, 0.3) is 0 Å². The average Bonchev–Trinajstić information content (AvgIpc) is 3.28. The number of nitrogens with one attached hydrogen (secondary N) is 1. The summed E-state index contributed by atoms with van der Waals surface area (Å²) in [4.78, 5) is 23.5. The van der Waals surface area contributed by atoms with Crippen LogP contribution in [0.5, 0.6) is 0 Å². The van der Waals surface area contributed by atoms with Crippen LogP contribution in [-0.2, 0) is 18.4 Å². The minimum absolute atomic E-state index is 0.243. The number of carbonyl (C=O) groups is 1. The number of amides is 1. The van der Waals surface area contributed by atoms with Gasteiger partial charge in [0, 0.05) is 6.42 Å². The Morgan fingerprint density at radius 1 is 0.469 bits per heavy atom. The van der Waals surface area contributed by atoms with E-state index in [-0.39, 0.29) is 12.3 Å². The van der Waals surface area contributed by atoms with Gasteiger partial charge in [0.1, 0.15) is 36.6 Å². The van der Waals surface area contributed by atoms with Gasteiger partial charge in [-0.3, -0.25) is 13.8 Å². The number of phosphoric acid groups is 1. The molecule has 8 N–H and O–H groups in total. The number of rotatable bonds is 46. The molecule has 0 spiro atoms. The maximum absolute atomic E-state index is 13.0. The predicted octanol–water partition coefficient (Wildman–Crippen LogP) is 11.4. The van der Waals surface area contributed by atoms with Crippen LogP contribution in [-0.4, -0.2) is 96.8 Å². The van der Waals surface area contributed by atoms with Gasteiger partial charge in [0.05, 0.1) is 18.8 Å². The number of hydrogen-bond donors (Lipinski definition) is 8. The van der Waals surface area contributed by atoms with Crippen molar-refractivity contribution in [3.05, 3.63) is 0 Å². The van der Waals surface area contributed by atoms with E-state index in [2.05, 4.69) is 19.2 Å². The second-order valence-corrected chi connectivity index (χ2v) is 20.8. The van der Waals surface area contributed by atoms with Crippen LogP contribution in [0.1, 0.15) is 264 Å². The third-order valence-corrected chi connectivity index (χ3v) is 14.4. The van der Waals surface area contributed by atoms with Crippen molar-refractivity contribution in [1.29, 1.82) is 0 Å². The van der Waals surface area contributed by atoms with Crippen molar-refractivity contribution in [3.8, 4) is 0 Å². The first kappa shape index (κ1) is 61.4. The summed E-state index contributed by atoms with van der Waals surface area (Å²) in [5.74, 6) is -0.301.